The Labute approximate surface area is 258 Å². The van der Waals surface area contributed by atoms with Crippen molar-refractivity contribution in [1.29, 1.82) is 0 Å². The fourth-order valence-corrected chi connectivity index (χ4v) is 5.78. The number of urea groups is 1. The third-order valence-electron chi connectivity index (χ3n) is 8.03. The van der Waals surface area contributed by atoms with Gasteiger partial charge < -0.3 is 35.1 Å². The molecule has 1 fully saturated rings. The lowest BCUT2D eigenvalue weighted by atomic mass is 9.92. The lowest BCUT2D eigenvalue weighted by molar-refractivity contribution is -0.118. The molecule has 3 amide bonds. The number of hydrogen-bond donors (Lipinski definition) is 3. The van der Waals surface area contributed by atoms with Gasteiger partial charge in [0.05, 0.1) is 18.0 Å². The number of aromatic amines is 1. The number of piperazine rings is 1. The third-order valence-corrected chi connectivity index (χ3v) is 8.03. The molecule has 3 N–H and O–H groups in total. The summed E-state index contributed by atoms with van der Waals surface area (Å²) in [5.74, 6) is -0.424. The first-order valence-corrected chi connectivity index (χ1v) is 15.1. The largest absolute Gasteiger partial charge is 0.492 e. The molecule has 2 heterocycles. The summed E-state index contributed by atoms with van der Waals surface area (Å²) >= 11 is 0. The van der Waals surface area contributed by atoms with Crippen LogP contribution in [0.4, 0.5) is 20.6 Å². The number of hydrogen-bond acceptors (Lipinski definition) is 5. The molecule has 0 saturated carbocycles. The molecule has 0 aliphatic carbocycles. The number of nitrogens with zero attached hydrogens (tertiary/aromatic N) is 3. The summed E-state index contributed by atoms with van der Waals surface area (Å²) in [6.07, 6.45) is 1.90. The lowest BCUT2D eigenvalue weighted by Crippen LogP contribution is -2.56. The molecule has 1 aliphatic heterocycles. The van der Waals surface area contributed by atoms with E-state index in [1.807, 2.05) is 81.5 Å². The van der Waals surface area contributed by atoms with E-state index in [2.05, 4.69) is 20.5 Å². The second kappa shape index (κ2) is 13.8. The van der Waals surface area contributed by atoms with Gasteiger partial charge in [-0.1, -0.05) is 43.3 Å². The predicted octanol–water partition coefficient (Wildman–Crippen LogP) is 5.41. The van der Waals surface area contributed by atoms with Crippen molar-refractivity contribution in [1.82, 2.24) is 20.1 Å². The van der Waals surface area contributed by atoms with Crippen molar-refractivity contribution in [3.05, 3.63) is 89.9 Å². The predicted molar refractivity (Wildman–Crippen MR) is 173 cm³/mol. The average Bonchev–Trinajstić information content (AvgIpc) is 3.45. The molecule has 5 rings (SSSR count). The fourth-order valence-electron chi connectivity index (χ4n) is 5.78. The van der Waals surface area contributed by atoms with Gasteiger partial charge in [0, 0.05) is 55.7 Å². The Hall–Kier alpha value is -4.57. The van der Waals surface area contributed by atoms with E-state index in [0.29, 0.717) is 56.5 Å². The van der Waals surface area contributed by atoms with Crippen LogP contribution in [0.25, 0.3) is 10.9 Å². The van der Waals surface area contributed by atoms with Gasteiger partial charge in [-0.25, -0.2) is 9.18 Å². The van der Waals surface area contributed by atoms with Crippen LogP contribution in [-0.4, -0.2) is 79.6 Å². The van der Waals surface area contributed by atoms with Crippen LogP contribution in [0.2, 0.25) is 0 Å². The highest BCUT2D eigenvalue weighted by Gasteiger charge is 2.33. The quantitative estimate of drug-likeness (QED) is 0.226. The van der Waals surface area contributed by atoms with Crippen LogP contribution < -0.4 is 20.3 Å². The molecule has 232 valence electrons. The summed E-state index contributed by atoms with van der Waals surface area (Å²) in [5.41, 5.74) is 3.99. The van der Waals surface area contributed by atoms with Gasteiger partial charge in [0.2, 0.25) is 5.91 Å². The summed E-state index contributed by atoms with van der Waals surface area (Å²) in [5, 5.41) is 7.10. The Balaban J connectivity index is 1.38. The number of ether oxygens (including phenoxy) is 1. The monoisotopic (exact) mass is 600 g/mol. The number of benzene rings is 3. The SMILES string of the molecule is CCOc1ccc(CN(C)C)cc1NC(=O)[C@H](NC(=O)N1CCN(c2ccccc2F)CC1)[C@@H](C)c1c[nH]c2ccccc12. The van der Waals surface area contributed by atoms with E-state index in [1.54, 1.807) is 23.1 Å². The zero-order valence-electron chi connectivity index (χ0n) is 25.8. The summed E-state index contributed by atoms with van der Waals surface area (Å²) in [6, 6.07) is 19.1. The molecular weight excluding hydrogens is 559 g/mol. The first-order chi connectivity index (χ1) is 21.2. The number of anilines is 2. The van der Waals surface area contributed by atoms with E-state index < -0.39 is 6.04 Å². The Morgan fingerprint density at radius 1 is 1.02 bits per heavy atom. The van der Waals surface area contributed by atoms with Crippen LogP contribution in [0.1, 0.15) is 30.9 Å². The van der Waals surface area contributed by atoms with E-state index in [4.69, 9.17) is 4.74 Å². The van der Waals surface area contributed by atoms with Gasteiger partial charge in [0.25, 0.3) is 0 Å². The Kier molecular flexibility index (Phi) is 9.69. The number of rotatable bonds is 10. The normalized spacial score (nSPS) is 14.9. The van der Waals surface area contributed by atoms with Crippen molar-refractivity contribution >= 4 is 34.2 Å². The smallest absolute Gasteiger partial charge is 0.318 e. The molecule has 1 aromatic heterocycles. The molecule has 1 aliphatic rings. The van der Waals surface area contributed by atoms with Gasteiger partial charge in [-0.3, -0.25) is 4.79 Å². The molecule has 3 aromatic carbocycles. The van der Waals surface area contributed by atoms with Gasteiger partial charge in [-0.05, 0) is 62.5 Å². The number of nitrogens with one attached hydrogen (secondary N) is 3. The van der Waals surface area contributed by atoms with Crippen molar-refractivity contribution in [3.8, 4) is 5.75 Å². The van der Waals surface area contributed by atoms with Gasteiger partial charge >= 0.3 is 6.03 Å². The minimum Gasteiger partial charge on any atom is -0.492 e. The molecule has 0 spiro atoms. The number of carbonyl (C=O) groups is 2. The van der Waals surface area contributed by atoms with Gasteiger partial charge in [0.1, 0.15) is 17.6 Å². The van der Waals surface area contributed by atoms with Crippen LogP contribution in [0.5, 0.6) is 5.75 Å². The average molecular weight is 601 g/mol. The maximum atomic E-state index is 14.4. The van der Waals surface area contributed by atoms with E-state index in [1.165, 1.54) is 6.07 Å². The van der Waals surface area contributed by atoms with Gasteiger partial charge in [-0.15, -0.1) is 0 Å². The van der Waals surface area contributed by atoms with E-state index in [0.717, 1.165) is 22.0 Å². The maximum Gasteiger partial charge on any atom is 0.318 e. The maximum absolute atomic E-state index is 14.4. The van der Waals surface area contributed by atoms with Crippen molar-refractivity contribution in [2.24, 2.45) is 0 Å². The molecule has 0 radical (unpaired) electrons. The van der Waals surface area contributed by atoms with E-state index >= 15 is 0 Å². The van der Waals surface area contributed by atoms with Crippen molar-refractivity contribution < 1.29 is 18.7 Å². The van der Waals surface area contributed by atoms with Crippen LogP contribution in [-0.2, 0) is 11.3 Å². The second-order valence-electron chi connectivity index (χ2n) is 11.4. The molecular formula is C34H41FN6O3. The number of halogens is 1. The lowest BCUT2D eigenvalue weighted by Gasteiger charge is -2.37. The number of fused-ring (bicyclic) bond motifs is 1. The molecule has 1 saturated heterocycles. The fraction of sp³-hybridized carbons (Fsp3) is 0.353. The van der Waals surface area contributed by atoms with Gasteiger partial charge in [-0.2, -0.15) is 0 Å². The molecule has 0 bridgehead atoms. The minimum atomic E-state index is -0.890. The molecule has 44 heavy (non-hydrogen) atoms. The highest BCUT2D eigenvalue weighted by Crippen LogP contribution is 2.31. The Morgan fingerprint density at radius 2 is 1.75 bits per heavy atom. The summed E-state index contributed by atoms with van der Waals surface area (Å²) in [7, 11) is 3.97. The number of amides is 3. The minimum absolute atomic E-state index is 0.282. The molecule has 0 unspecified atom stereocenters. The standard InChI is InChI=1S/C34H41FN6O3/c1-5-44-31-15-14-24(22-39(3)4)20-29(31)37-33(42)32(23(2)26-21-36-28-12-8-6-10-25(26)28)38-34(43)41-18-16-40(17-19-41)30-13-9-7-11-27(30)35/h6-15,20-21,23,32,36H,5,16-19,22H2,1-4H3,(H,37,42)(H,38,43)/t23-,32+/m0/s1. The second-order valence-corrected chi connectivity index (χ2v) is 11.4. The van der Waals surface area contributed by atoms with E-state index in [9.17, 15) is 14.0 Å². The zero-order chi connectivity index (χ0) is 31.2. The molecule has 10 heteroatoms. The molecule has 4 aromatic rings. The summed E-state index contributed by atoms with van der Waals surface area (Å²) < 4.78 is 20.2. The van der Waals surface area contributed by atoms with E-state index in [-0.39, 0.29) is 23.7 Å². The van der Waals surface area contributed by atoms with Crippen LogP contribution in [0, 0.1) is 5.82 Å². The molecule has 2 atom stereocenters. The summed E-state index contributed by atoms with van der Waals surface area (Å²) in [4.78, 5) is 36.7. The van der Waals surface area contributed by atoms with Crippen molar-refractivity contribution in [2.75, 3.05) is 57.1 Å². The zero-order valence-corrected chi connectivity index (χ0v) is 25.8. The Morgan fingerprint density at radius 3 is 2.48 bits per heavy atom. The number of para-hydroxylation sites is 2. The van der Waals surface area contributed by atoms with Crippen LogP contribution in [0.15, 0.2) is 72.9 Å². The number of carbonyl (C=O) groups excluding carboxylic acids is 2. The van der Waals surface area contributed by atoms with Crippen molar-refractivity contribution in [3.63, 3.8) is 0 Å². The first-order valence-electron chi connectivity index (χ1n) is 15.1. The molecule has 9 nitrogen and oxygen atoms in total. The number of H-pyrrole nitrogens is 1. The van der Waals surface area contributed by atoms with Crippen LogP contribution >= 0.6 is 0 Å². The Bertz CT molecular complexity index is 1600. The first kappa shape index (κ1) is 30.9. The highest BCUT2D eigenvalue weighted by molar-refractivity contribution is 5.99. The number of aromatic nitrogens is 1. The van der Waals surface area contributed by atoms with Gasteiger partial charge in [0.15, 0.2) is 0 Å². The topological polar surface area (TPSA) is 92.9 Å². The van der Waals surface area contributed by atoms with Crippen LogP contribution in [0.3, 0.4) is 0 Å². The summed E-state index contributed by atoms with van der Waals surface area (Å²) in [6.45, 7) is 6.75. The highest BCUT2D eigenvalue weighted by atomic mass is 19.1. The third kappa shape index (κ3) is 6.97. The van der Waals surface area contributed by atoms with Crippen molar-refractivity contribution in [2.45, 2.75) is 32.4 Å².